The number of carbonyl (C=O) groups excluding carboxylic acids is 1. The van der Waals surface area contributed by atoms with Gasteiger partial charge in [-0.3, -0.25) is 0 Å². The molecule has 3 nitrogen and oxygen atoms in total. The van der Waals surface area contributed by atoms with Crippen LogP contribution in [-0.4, -0.2) is 41.6 Å². The molecule has 0 aliphatic carbocycles. The van der Waals surface area contributed by atoms with E-state index in [1.54, 1.807) is 0 Å². The molecule has 0 spiro atoms. The second kappa shape index (κ2) is 6.17. The monoisotopic (exact) mass is 216 g/mol. The average Bonchev–Trinajstić information content (AvgIpc) is 2.18. The fraction of sp³-hybridized carbons (Fsp3) is 0.900. The zero-order valence-electron chi connectivity index (χ0n) is 9.08. The van der Waals surface area contributed by atoms with Crippen LogP contribution in [0.5, 0.6) is 0 Å². The second-order valence-electron chi connectivity index (χ2n) is 3.70. The van der Waals surface area contributed by atoms with E-state index in [9.17, 15) is 4.79 Å². The molecule has 1 saturated heterocycles. The van der Waals surface area contributed by atoms with Gasteiger partial charge in [-0.05, 0) is 13.3 Å². The summed E-state index contributed by atoms with van der Waals surface area (Å²) in [4.78, 5) is 13.6. The first kappa shape index (κ1) is 11.7. The number of rotatable bonds is 3. The van der Waals surface area contributed by atoms with Gasteiger partial charge in [-0.2, -0.15) is 11.8 Å². The van der Waals surface area contributed by atoms with E-state index in [1.807, 2.05) is 16.7 Å². The van der Waals surface area contributed by atoms with Crippen molar-refractivity contribution in [1.82, 2.24) is 10.2 Å². The van der Waals surface area contributed by atoms with Crippen molar-refractivity contribution < 1.29 is 4.79 Å². The summed E-state index contributed by atoms with van der Waals surface area (Å²) >= 11 is 1.93. The number of urea groups is 1. The predicted octanol–water partition coefficient (Wildman–Crippen LogP) is 1.93. The van der Waals surface area contributed by atoms with Crippen molar-refractivity contribution in [2.75, 3.05) is 24.6 Å². The zero-order valence-corrected chi connectivity index (χ0v) is 9.90. The second-order valence-corrected chi connectivity index (χ2v) is 4.85. The van der Waals surface area contributed by atoms with Gasteiger partial charge in [0.2, 0.25) is 0 Å². The van der Waals surface area contributed by atoms with Crippen molar-refractivity contribution in [1.29, 1.82) is 0 Å². The maximum Gasteiger partial charge on any atom is 0.317 e. The maximum atomic E-state index is 11.7. The van der Waals surface area contributed by atoms with E-state index < -0.39 is 0 Å². The molecule has 0 radical (unpaired) electrons. The molecule has 82 valence electrons. The number of nitrogens with one attached hydrogen (secondary N) is 1. The van der Waals surface area contributed by atoms with Gasteiger partial charge in [0.15, 0.2) is 0 Å². The Morgan fingerprint density at radius 2 is 2.43 bits per heavy atom. The Morgan fingerprint density at radius 1 is 1.64 bits per heavy atom. The Morgan fingerprint density at radius 3 is 3.07 bits per heavy atom. The Labute approximate surface area is 90.6 Å². The minimum Gasteiger partial charge on any atom is -0.338 e. The molecule has 1 unspecified atom stereocenters. The molecule has 1 heterocycles. The smallest absolute Gasteiger partial charge is 0.317 e. The molecule has 1 atom stereocenters. The summed E-state index contributed by atoms with van der Waals surface area (Å²) in [5, 5.41) is 2.96. The Hall–Kier alpha value is -0.380. The standard InChI is InChI=1S/C10H20N2OS/c1-3-4-5-11-10(13)12-6-7-14-8-9(12)2/h9H,3-8H2,1-2H3,(H,11,13). The number of nitrogens with zero attached hydrogens (tertiary/aromatic N) is 1. The average molecular weight is 216 g/mol. The first-order valence-corrected chi connectivity index (χ1v) is 6.53. The Balaban J connectivity index is 2.27. The normalized spacial score (nSPS) is 22.1. The number of amides is 2. The lowest BCUT2D eigenvalue weighted by Crippen LogP contribution is -2.49. The largest absolute Gasteiger partial charge is 0.338 e. The van der Waals surface area contributed by atoms with Crippen molar-refractivity contribution in [2.45, 2.75) is 32.7 Å². The lowest BCUT2D eigenvalue weighted by molar-refractivity contribution is 0.186. The highest BCUT2D eigenvalue weighted by Gasteiger charge is 2.22. The molecule has 1 aliphatic rings. The summed E-state index contributed by atoms with van der Waals surface area (Å²) in [6, 6.07) is 0.502. The van der Waals surface area contributed by atoms with Gasteiger partial charge < -0.3 is 10.2 Å². The van der Waals surface area contributed by atoms with Gasteiger partial charge in [0.25, 0.3) is 0 Å². The van der Waals surface area contributed by atoms with Crippen LogP contribution in [0.15, 0.2) is 0 Å². The van der Waals surface area contributed by atoms with Crippen molar-refractivity contribution in [3.8, 4) is 0 Å². The molecule has 0 saturated carbocycles. The summed E-state index contributed by atoms with van der Waals surface area (Å²) in [5.74, 6) is 2.15. The number of unbranched alkanes of at least 4 members (excludes halogenated alkanes) is 1. The third-order valence-electron chi connectivity index (χ3n) is 2.44. The zero-order chi connectivity index (χ0) is 10.4. The van der Waals surface area contributed by atoms with Gasteiger partial charge in [-0.25, -0.2) is 4.79 Å². The van der Waals surface area contributed by atoms with Crippen LogP contribution in [0, 0.1) is 0 Å². The molecule has 0 aromatic heterocycles. The van der Waals surface area contributed by atoms with E-state index in [0.717, 1.165) is 37.4 Å². The molecule has 1 aliphatic heterocycles. The SMILES string of the molecule is CCCCNC(=O)N1CCSCC1C. The lowest BCUT2D eigenvalue weighted by Gasteiger charge is -2.33. The van der Waals surface area contributed by atoms with Crippen LogP contribution >= 0.6 is 11.8 Å². The first-order chi connectivity index (χ1) is 6.75. The summed E-state index contributed by atoms with van der Waals surface area (Å²) < 4.78 is 0. The third kappa shape index (κ3) is 3.40. The van der Waals surface area contributed by atoms with Gasteiger partial charge in [0.05, 0.1) is 0 Å². The number of thioether (sulfide) groups is 1. The molecule has 14 heavy (non-hydrogen) atoms. The van der Waals surface area contributed by atoms with E-state index in [4.69, 9.17) is 0 Å². The summed E-state index contributed by atoms with van der Waals surface area (Å²) in [6.07, 6.45) is 2.20. The van der Waals surface area contributed by atoms with E-state index in [-0.39, 0.29) is 6.03 Å². The first-order valence-electron chi connectivity index (χ1n) is 5.38. The molecule has 0 bridgehead atoms. The van der Waals surface area contributed by atoms with Crippen LogP contribution in [-0.2, 0) is 0 Å². The van der Waals surface area contributed by atoms with Gasteiger partial charge in [-0.1, -0.05) is 13.3 Å². The summed E-state index contributed by atoms with van der Waals surface area (Å²) in [7, 11) is 0. The molecule has 1 fully saturated rings. The van der Waals surface area contributed by atoms with Crippen LogP contribution in [0.2, 0.25) is 0 Å². The lowest BCUT2D eigenvalue weighted by atomic mass is 10.3. The van der Waals surface area contributed by atoms with Crippen LogP contribution in [0.25, 0.3) is 0 Å². The number of hydrogen-bond donors (Lipinski definition) is 1. The van der Waals surface area contributed by atoms with Gasteiger partial charge >= 0.3 is 6.03 Å². The molecule has 2 amide bonds. The van der Waals surface area contributed by atoms with Gasteiger partial charge in [0, 0.05) is 30.6 Å². The van der Waals surface area contributed by atoms with Crippen molar-refractivity contribution >= 4 is 17.8 Å². The molecule has 1 N–H and O–H groups in total. The summed E-state index contributed by atoms with van der Waals surface area (Å²) in [5.41, 5.74) is 0. The minimum absolute atomic E-state index is 0.117. The maximum absolute atomic E-state index is 11.7. The van der Waals surface area contributed by atoms with Crippen molar-refractivity contribution in [3.05, 3.63) is 0 Å². The Kier molecular flexibility index (Phi) is 5.15. The van der Waals surface area contributed by atoms with Crippen LogP contribution in [0.4, 0.5) is 4.79 Å². The van der Waals surface area contributed by atoms with Crippen LogP contribution in [0.3, 0.4) is 0 Å². The Bertz CT molecular complexity index is 187. The van der Waals surface area contributed by atoms with Crippen molar-refractivity contribution in [3.63, 3.8) is 0 Å². The molecule has 0 aromatic carbocycles. The fourth-order valence-corrected chi connectivity index (χ4v) is 2.52. The molecular weight excluding hydrogens is 196 g/mol. The highest BCUT2D eigenvalue weighted by atomic mass is 32.2. The van der Waals surface area contributed by atoms with Crippen LogP contribution < -0.4 is 5.32 Å². The van der Waals surface area contributed by atoms with E-state index in [0.29, 0.717) is 6.04 Å². The number of hydrogen-bond acceptors (Lipinski definition) is 2. The molecule has 4 heteroatoms. The highest BCUT2D eigenvalue weighted by Crippen LogP contribution is 2.15. The van der Waals surface area contributed by atoms with E-state index in [1.165, 1.54) is 0 Å². The predicted molar refractivity (Wildman–Crippen MR) is 61.8 cm³/mol. The molecular formula is C10H20N2OS. The third-order valence-corrected chi connectivity index (χ3v) is 3.62. The molecule has 1 rings (SSSR count). The quantitative estimate of drug-likeness (QED) is 0.731. The van der Waals surface area contributed by atoms with Gasteiger partial charge in [-0.15, -0.1) is 0 Å². The topological polar surface area (TPSA) is 32.3 Å². The molecule has 0 aromatic rings. The van der Waals surface area contributed by atoms with E-state index in [2.05, 4.69) is 19.2 Å². The highest BCUT2D eigenvalue weighted by molar-refractivity contribution is 7.99. The van der Waals surface area contributed by atoms with Crippen molar-refractivity contribution in [2.24, 2.45) is 0 Å². The summed E-state index contributed by atoms with van der Waals surface area (Å²) in [6.45, 7) is 5.95. The van der Waals surface area contributed by atoms with Crippen LogP contribution in [0.1, 0.15) is 26.7 Å². The van der Waals surface area contributed by atoms with E-state index >= 15 is 0 Å². The minimum atomic E-state index is 0.117. The number of carbonyl (C=O) groups is 1. The fourth-order valence-electron chi connectivity index (χ4n) is 1.50. The van der Waals surface area contributed by atoms with Gasteiger partial charge in [0.1, 0.15) is 0 Å².